The number of nitrogens with one attached hydrogen (secondary N) is 1. The number of furan rings is 1. The van der Waals surface area contributed by atoms with E-state index in [1.54, 1.807) is 12.1 Å². The normalized spacial score (nSPS) is 12.0. The number of hydrogen-bond donors (Lipinski definition) is 1. The molecule has 0 aliphatic carbocycles. The molecule has 2 aromatic rings. The first kappa shape index (κ1) is 12.2. The fraction of sp³-hybridized carbons (Fsp3) is 0.286. The van der Waals surface area contributed by atoms with E-state index in [2.05, 4.69) is 11.4 Å². The minimum absolute atomic E-state index is 0.243. The number of rotatable bonds is 4. The number of carbonyl (C=O) groups is 1. The largest absolute Gasteiger partial charge is 0.451 e. The maximum atomic E-state index is 11.9. The summed E-state index contributed by atoms with van der Waals surface area (Å²) >= 11 is 0. The molecule has 0 saturated carbocycles. The number of amides is 1. The van der Waals surface area contributed by atoms with Gasteiger partial charge in [0.05, 0.1) is 6.07 Å². The molecule has 1 heterocycles. The minimum Gasteiger partial charge on any atom is -0.451 e. The molecule has 92 valence electrons. The summed E-state index contributed by atoms with van der Waals surface area (Å²) in [6, 6.07) is 10.7. The molecular weight excluding hydrogens is 228 g/mol. The van der Waals surface area contributed by atoms with Gasteiger partial charge in [-0.3, -0.25) is 4.79 Å². The first-order valence-corrected chi connectivity index (χ1v) is 5.93. The Morgan fingerprint density at radius 1 is 1.50 bits per heavy atom. The summed E-state index contributed by atoms with van der Waals surface area (Å²) in [7, 11) is 0. The van der Waals surface area contributed by atoms with Gasteiger partial charge in [-0.1, -0.05) is 31.5 Å². The van der Waals surface area contributed by atoms with Crippen LogP contribution < -0.4 is 5.32 Å². The van der Waals surface area contributed by atoms with E-state index in [1.807, 2.05) is 25.1 Å². The fourth-order valence-electron chi connectivity index (χ4n) is 1.78. The van der Waals surface area contributed by atoms with Crippen molar-refractivity contribution in [1.82, 2.24) is 5.32 Å². The molecule has 2 rings (SSSR count). The highest BCUT2D eigenvalue weighted by Crippen LogP contribution is 2.18. The number of fused-ring (bicyclic) bond motifs is 1. The highest BCUT2D eigenvalue weighted by Gasteiger charge is 2.15. The van der Waals surface area contributed by atoms with Gasteiger partial charge in [-0.2, -0.15) is 5.26 Å². The Balaban J connectivity index is 2.16. The quantitative estimate of drug-likeness (QED) is 0.896. The van der Waals surface area contributed by atoms with Crippen molar-refractivity contribution in [2.24, 2.45) is 0 Å². The summed E-state index contributed by atoms with van der Waals surface area (Å²) in [6.07, 6.45) is 1.49. The van der Waals surface area contributed by atoms with E-state index >= 15 is 0 Å². The second-order valence-corrected chi connectivity index (χ2v) is 4.09. The average Bonchev–Trinajstić information content (AvgIpc) is 2.82. The van der Waals surface area contributed by atoms with Crippen molar-refractivity contribution in [3.8, 4) is 6.07 Å². The highest BCUT2D eigenvalue weighted by molar-refractivity contribution is 5.96. The van der Waals surface area contributed by atoms with Crippen molar-refractivity contribution in [3.05, 3.63) is 36.1 Å². The molecule has 1 aromatic heterocycles. The molecule has 0 aliphatic rings. The zero-order valence-electron chi connectivity index (χ0n) is 10.1. The van der Waals surface area contributed by atoms with Crippen LogP contribution in [0.4, 0.5) is 0 Å². The monoisotopic (exact) mass is 242 g/mol. The van der Waals surface area contributed by atoms with Gasteiger partial charge in [0.2, 0.25) is 0 Å². The van der Waals surface area contributed by atoms with Gasteiger partial charge < -0.3 is 9.73 Å². The third-order valence-electron chi connectivity index (χ3n) is 2.69. The average molecular weight is 242 g/mol. The van der Waals surface area contributed by atoms with E-state index < -0.39 is 6.04 Å². The summed E-state index contributed by atoms with van der Waals surface area (Å²) < 4.78 is 5.43. The maximum absolute atomic E-state index is 11.9. The Hall–Kier alpha value is -2.28. The van der Waals surface area contributed by atoms with Gasteiger partial charge in [0.15, 0.2) is 5.76 Å². The van der Waals surface area contributed by atoms with Gasteiger partial charge in [-0.25, -0.2) is 0 Å². The van der Waals surface area contributed by atoms with Crippen LogP contribution >= 0.6 is 0 Å². The molecule has 4 nitrogen and oxygen atoms in total. The zero-order chi connectivity index (χ0) is 13.0. The number of hydrogen-bond acceptors (Lipinski definition) is 3. The van der Waals surface area contributed by atoms with Crippen molar-refractivity contribution in [1.29, 1.82) is 5.26 Å². The predicted molar refractivity (Wildman–Crippen MR) is 68.0 cm³/mol. The van der Waals surface area contributed by atoms with Gasteiger partial charge in [-0.05, 0) is 18.6 Å². The summed E-state index contributed by atoms with van der Waals surface area (Å²) in [5, 5.41) is 12.4. The van der Waals surface area contributed by atoms with E-state index in [9.17, 15) is 4.79 Å². The first-order valence-electron chi connectivity index (χ1n) is 5.93. The Morgan fingerprint density at radius 3 is 2.94 bits per heavy atom. The molecule has 0 spiro atoms. The van der Waals surface area contributed by atoms with E-state index in [0.29, 0.717) is 12.0 Å². The lowest BCUT2D eigenvalue weighted by Crippen LogP contribution is -2.33. The fourth-order valence-corrected chi connectivity index (χ4v) is 1.78. The van der Waals surface area contributed by atoms with Crippen LogP contribution in [0.15, 0.2) is 34.7 Å². The SMILES string of the molecule is CCCC(C#N)NC(=O)c1cc2ccccc2o1. The molecule has 0 saturated heterocycles. The standard InChI is InChI=1S/C14H14N2O2/c1-2-5-11(9-15)16-14(17)13-8-10-6-3-4-7-12(10)18-13/h3-4,6-8,11H,2,5H2,1H3,(H,16,17). The third-order valence-corrected chi connectivity index (χ3v) is 2.69. The van der Waals surface area contributed by atoms with Crippen LogP contribution in [-0.2, 0) is 0 Å². The van der Waals surface area contributed by atoms with Crippen molar-refractivity contribution in [3.63, 3.8) is 0 Å². The molecule has 4 heteroatoms. The van der Waals surface area contributed by atoms with Crippen molar-refractivity contribution in [2.75, 3.05) is 0 Å². The molecule has 0 bridgehead atoms. The van der Waals surface area contributed by atoms with Crippen molar-refractivity contribution < 1.29 is 9.21 Å². The molecule has 0 fully saturated rings. The summed E-state index contributed by atoms with van der Waals surface area (Å²) in [4.78, 5) is 11.9. The van der Waals surface area contributed by atoms with Gasteiger partial charge in [0, 0.05) is 5.39 Å². The molecule has 0 radical (unpaired) electrons. The Bertz CT molecular complexity index is 562. The van der Waals surface area contributed by atoms with Crippen molar-refractivity contribution >= 4 is 16.9 Å². The van der Waals surface area contributed by atoms with Crippen LogP contribution in [0.2, 0.25) is 0 Å². The molecule has 1 atom stereocenters. The molecular formula is C14H14N2O2. The van der Waals surface area contributed by atoms with Gasteiger partial charge >= 0.3 is 0 Å². The number of benzene rings is 1. The van der Waals surface area contributed by atoms with Gasteiger partial charge in [-0.15, -0.1) is 0 Å². The summed E-state index contributed by atoms with van der Waals surface area (Å²) in [6.45, 7) is 1.97. The summed E-state index contributed by atoms with van der Waals surface area (Å²) in [5.41, 5.74) is 0.673. The number of para-hydroxylation sites is 1. The van der Waals surface area contributed by atoms with Gasteiger partial charge in [0.1, 0.15) is 11.6 Å². The second-order valence-electron chi connectivity index (χ2n) is 4.09. The van der Waals surface area contributed by atoms with Crippen LogP contribution in [0.1, 0.15) is 30.3 Å². The van der Waals surface area contributed by atoms with Crippen molar-refractivity contribution in [2.45, 2.75) is 25.8 Å². The molecule has 0 aliphatic heterocycles. The van der Waals surface area contributed by atoms with Crippen LogP contribution in [0.25, 0.3) is 11.0 Å². The lowest BCUT2D eigenvalue weighted by Gasteiger charge is -2.08. The van der Waals surface area contributed by atoms with E-state index in [0.717, 1.165) is 11.8 Å². The Labute approximate surface area is 105 Å². The third kappa shape index (κ3) is 2.51. The summed E-state index contributed by atoms with van der Waals surface area (Å²) in [5.74, 6) is -0.0984. The predicted octanol–water partition coefficient (Wildman–Crippen LogP) is 2.85. The molecule has 1 aromatic carbocycles. The van der Waals surface area contributed by atoms with E-state index in [4.69, 9.17) is 9.68 Å². The van der Waals surface area contributed by atoms with Crippen LogP contribution in [0, 0.1) is 11.3 Å². The van der Waals surface area contributed by atoms with E-state index in [1.165, 1.54) is 0 Å². The maximum Gasteiger partial charge on any atom is 0.288 e. The van der Waals surface area contributed by atoms with E-state index in [-0.39, 0.29) is 11.7 Å². The Kier molecular flexibility index (Phi) is 3.63. The molecule has 1 N–H and O–H groups in total. The topological polar surface area (TPSA) is 66.0 Å². The minimum atomic E-state index is -0.462. The number of carbonyl (C=O) groups excluding carboxylic acids is 1. The Morgan fingerprint density at radius 2 is 2.28 bits per heavy atom. The zero-order valence-corrected chi connectivity index (χ0v) is 10.1. The van der Waals surface area contributed by atoms with Gasteiger partial charge in [0.25, 0.3) is 5.91 Å². The number of nitriles is 1. The smallest absolute Gasteiger partial charge is 0.288 e. The van der Waals surface area contributed by atoms with Crippen LogP contribution in [0.3, 0.4) is 0 Å². The van der Waals surface area contributed by atoms with Crippen LogP contribution in [-0.4, -0.2) is 11.9 Å². The number of nitrogens with zero attached hydrogens (tertiary/aromatic N) is 1. The lowest BCUT2D eigenvalue weighted by molar-refractivity contribution is 0.0918. The molecule has 1 unspecified atom stereocenters. The van der Waals surface area contributed by atoms with Crippen LogP contribution in [0.5, 0.6) is 0 Å². The first-order chi connectivity index (χ1) is 8.74. The molecule has 18 heavy (non-hydrogen) atoms. The highest BCUT2D eigenvalue weighted by atomic mass is 16.3. The molecule has 1 amide bonds. The second kappa shape index (κ2) is 5.37. The lowest BCUT2D eigenvalue weighted by atomic mass is 10.2.